The van der Waals surface area contributed by atoms with Crippen LogP contribution in [0.3, 0.4) is 0 Å². The van der Waals surface area contributed by atoms with Crippen LogP contribution in [0.1, 0.15) is 19.3 Å². The maximum atomic E-state index is 12.5. The van der Waals surface area contributed by atoms with Gasteiger partial charge in [-0.1, -0.05) is 18.2 Å². The zero-order valence-electron chi connectivity index (χ0n) is 15.5. The summed E-state index contributed by atoms with van der Waals surface area (Å²) in [6.07, 6.45) is 6.99. The molecule has 2 fully saturated rings. The zero-order chi connectivity index (χ0) is 18.5. The van der Waals surface area contributed by atoms with E-state index in [1.807, 2.05) is 41.3 Å². The molecular weight excluding hydrogens is 340 g/mol. The molecule has 0 unspecified atom stereocenters. The monoisotopic (exact) mass is 366 g/mol. The van der Waals surface area contributed by atoms with Crippen molar-refractivity contribution >= 4 is 11.9 Å². The van der Waals surface area contributed by atoms with Crippen molar-refractivity contribution in [2.45, 2.75) is 19.3 Å². The first kappa shape index (κ1) is 17.8. The normalized spacial score (nSPS) is 20.7. The van der Waals surface area contributed by atoms with Crippen LogP contribution in [0.15, 0.2) is 48.8 Å². The lowest BCUT2D eigenvalue weighted by atomic mass is 9.84. The largest absolute Gasteiger partial charge is 0.484 e. The molecule has 0 saturated carbocycles. The topological polar surface area (TPSA) is 58.6 Å². The molecule has 0 bridgehead atoms. The summed E-state index contributed by atoms with van der Waals surface area (Å²) in [4.78, 5) is 25.4. The second-order valence-electron chi connectivity index (χ2n) is 7.36. The highest BCUT2D eigenvalue weighted by atomic mass is 16.5. The molecule has 0 aliphatic carbocycles. The molecule has 27 heavy (non-hydrogen) atoms. The number of hydrogen-bond acceptors (Lipinski definition) is 5. The molecule has 4 rings (SSSR count). The number of ether oxygens (including phenoxy) is 1. The van der Waals surface area contributed by atoms with Crippen LogP contribution in [0.2, 0.25) is 0 Å². The molecule has 2 aliphatic heterocycles. The zero-order valence-corrected chi connectivity index (χ0v) is 15.5. The molecular formula is C21H26N4O2. The molecule has 1 amide bonds. The molecule has 142 valence electrons. The number of anilines is 1. The average Bonchev–Trinajstić information content (AvgIpc) is 3.24. The summed E-state index contributed by atoms with van der Waals surface area (Å²) < 4.78 is 5.61. The Bertz CT molecular complexity index is 732. The Morgan fingerprint density at radius 2 is 1.67 bits per heavy atom. The Hall–Kier alpha value is -2.63. The van der Waals surface area contributed by atoms with Gasteiger partial charge in [-0.15, -0.1) is 0 Å². The maximum Gasteiger partial charge on any atom is 0.260 e. The molecule has 0 N–H and O–H groups in total. The highest BCUT2D eigenvalue weighted by Crippen LogP contribution is 2.32. The van der Waals surface area contributed by atoms with E-state index in [1.165, 1.54) is 0 Å². The van der Waals surface area contributed by atoms with Crippen LogP contribution < -0.4 is 9.64 Å². The van der Waals surface area contributed by atoms with E-state index < -0.39 is 0 Å². The fraction of sp³-hybridized carbons (Fsp3) is 0.476. The predicted molar refractivity (Wildman–Crippen MR) is 104 cm³/mol. The van der Waals surface area contributed by atoms with Gasteiger partial charge in [-0.3, -0.25) is 4.79 Å². The van der Waals surface area contributed by atoms with Crippen molar-refractivity contribution in [3.05, 3.63) is 48.8 Å². The van der Waals surface area contributed by atoms with Gasteiger partial charge in [0, 0.05) is 38.6 Å². The number of piperidine rings is 1. The van der Waals surface area contributed by atoms with Gasteiger partial charge >= 0.3 is 0 Å². The quantitative estimate of drug-likeness (QED) is 0.814. The molecule has 2 aliphatic rings. The highest BCUT2D eigenvalue weighted by molar-refractivity contribution is 5.78. The Balaban J connectivity index is 1.23. The maximum absolute atomic E-state index is 12.5. The molecule has 3 heterocycles. The van der Waals surface area contributed by atoms with Crippen molar-refractivity contribution in [2.75, 3.05) is 37.7 Å². The average molecular weight is 366 g/mol. The second-order valence-corrected chi connectivity index (χ2v) is 7.36. The lowest BCUT2D eigenvalue weighted by Crippen LogP contribution is -2.38. The summed E-state index contributed by atoms with van der Waals surface area (Å²) in [5, 5.41) is 0. The van der Waals surface area contributed by atoms with E-state index in [4.69, 9.17) is 4.74 Å². The number of carbonyl (C=O) groups excluding carboxylic acids is 1. The van der Waals surface area contributed by atoms with Crippen molar-refractivity contribution in [1.82, 2.24) is 14.9 Å². The summed E-state index contributed by atoms with van der Waals surface area (Å²) in [7, 11) is 0. The minimum Gasteiger partial charge on any atom is -0.484 e. The molecule has 2 saturated heterocycles. The van der Waals surface area contributed by atoms with Crippen molar-refractivity contribution < 1.29 is 9.53 Å². The molecule has 1 aromatic heterocycles. The van der Waals surface area contributed by atoms with Gasteiger partial charge in [-0.05, 0) is 49.3 Å². The fourth-order valence-electron chi connectivity index (χ4n) is 4.18. The number of amides is 1. The van der Waals surface area contributed by atoms with E-state index in [2.05, 4.69) is 14.9 Å². The number of aromatic nitrogens is 2. The van der Waals surface area contributed by atoms with Gasteiger partial charge in [-0.25, -0.2) is 9.97 Å². The lowest BCUT2D eigenvalue weighted by Gasteiger charge is -2.34. The highest BCUT2D eigenvalue weighted by Gasteiger charge is 2.34. The third-order valence-corrected chi connectivity index (χ3v) is 5.72. The van der Waals surface area contributed by atoms with Gasteiger partial charge in [0.05, 0.1) is 0 Å². The van der Waals surface area contributed by atoms with Crippen LogP contribution >= 0.6 is 0 Å². The number of hydrogen-bond donors (Lipinski definition) is 0. The number of carbonyl (C=O) groups is 1. The van der Waals surface area contributed by atoms with Crippen LogP contribution in [0, 0.1) is 11.8 Å². The molecule has 0 spiro atoms. The van der Waals surface area contributed by atoms with E-state index in [-0.39, 0.29) is 12.5 Å². The van der Waals surface area contributed by atoms with Gasteiger partial charge in [0.1, 0.15) is 5.75 Å². The number of para-hydroxylation sites is 1. The van der Waals surface area contributed by atoms with Crippen molar-refractivity contribution in [1.29, 1.82) is 0 Å². The van der Waals surface area contributed by atoms with Gasteiger partial charge < -0.3 is 14.5 Å². The third kappa shape index (κ3) is 4.38. The van der Waals surface area contributed by atoms with E-state index in [0.717, 1.165) is 57.1 Å². The van der Waals surface area contributed by atoms with Crippen molar-refractivity contribution in [3.8, 4) is 5.75 Å². The van der Waals surface area contributed by atoms with Crippen LogP contribution in [-0.2, 0) is 4.79 Å². The molecule has 6 heteroatoms. The lowest BCUT2D eigenvalue weighted by molar-refractivity contribution is -0.132. The summed E-state index contributed by atoms with van der Waals surface area (Å²) in [6, 6.07) is 11.4. The first-order valence-electron chi connectivity index (χ1n) is 9.77. The van der Waals surface area contributed by atoms with Crippen LogP contribution in [0.4, 0.5) is 5.95 Å². The number of benzene rings is 1. The Kier molecular flexibility index (Phi) is 5.51. The summed E-state index contributed by atoms with van der Waals surface area (Å²) in [6.45, 7) is 3.83. The predicted octanol–water partition coefficient (Wildman–Crippen LogP) is 2.62. The standard InChI is InChI=1S/C21H26N4O2/c26-20(16-27-19-5-2-1-3-6-19)25-14-9-18(15-25)17-7-12-24(13-8-17)21-22-10-4-11-23-21/h1-6,10-11,17-18H,7-9,12-16H2/t18-/m0/s1. The SMILES string of the molecule is O=C(COc1ccccc1)N1CC[C@H](C2CCN(c3ncccn3)CC2)C1. The van der Waals surface area contributed by atoms with Crippen LogP contribution in [0.25, 0.3) is 0 Å². The fourth-order valence-corrected chi connectivity index (χ4v) is 4.18. The third-order valence-electron chi connectivity index (χ3n) is 5.72. The van der Waals surface area contributed by atoms with Crippen LogP contribution in [-0.4, -0.2) is 53.6 Å². The van der Waals surface area contributed by atoms with Crippen molar-refractivity contribution in [2.24, 2.45) is 11.8 Å². The Morgan fingerprint density at radius 1 is 0.963 bits per heavy atom. The second kappa shape index (κ2) is 8.37. The summed E-state index contributed by atoms with van der Waals surface area (Å²) >= 11 is 0. The minimum atomic E-state index is 0.0940. The number of likely N-dealkylation sites (tertiary alicyclic amines) is 1. The van der Waals surface area contributed by atoms with E-state index >= 15 is 0 Å². The number of nitrogens with zero attached hydrogens (tertiary/aromatic N) is 4. The molecule has 2 aromatic rings. The summed E-state index contributed by atoms with van der Waals surface area (Å²) in [5.41, 5.74) is 0. The van der Waals surface area contributed by atoms with Gasteiger partial charge in [0.15, 0.2) is 6.61 Å². The van der Waals surface area contributed by atoms with Crippen LogP contribution in [0.5, 0.6) is 5.75 Å². The molecule has 1 atom stereocenters. The smallest absolute Gasteiger partial charge is 0.260 e. The minimum absolute atomic E-state index is 0.0940. The molecule has 6 nitrogen and oxygen atoms in total. The van der Waals surface area contributed by atoms with E-state index in [1.54, 1.807) is 12.4 Å². The first-order chi connectivity index (χ1) is 13.3. The van der Waals surface area contributed by atoms with E-state index in [0.29, 0.717) is 11.8 Å². The number of rotatable bonds is 5. The van der Waals surface area contributed by atoms with E-state index in [9.17, 15) is 4.79 Å². The van der Waals surface area contributed by atoms with Gasteiger partial charge in [-0.2, -0.15) is 0 Å². The molecule has 1 aromatic carbocycles. The first-order valence-corrected chi connectivity index (χ1v) is 9.77. The Labute approximate surface area is 160 Å². The van der Waals surface area contributed by atoms with Crippen molar-refractivity contribution in [3.63, 3.8) is 0 Å². The summed E-state index contributed by atoms with van der Waals surface area (Å²) in [5.74, 6) is 2.95. The van der Waals surface area contributed by atoms with Gasteiger partial charge in [0.25, 0.3) is 5.91 Å². The molecule has 0 radical (unpaired) electrons. The Morgan fingerprint density at radius 3 is 2.41 bits per heavy atom. The van der Waals surface area contributed by atoms with Gasteiger partial charge in [0.2, 0.25) is 5.95 Å².